The van der Waals surface area contributed by atoms with Gasteiger partial charge in [0.1, 0.15) is 5.57 Å². The normalized spacial score (nSPS) is 20.9. The van der Waals surface area contributed by atoms with E-state index in [1.54, 1.807) is 13.0 Å². The van der Waals surface area contributed by atoms with E-state index in [9.17, 15) is 14.7 Å². The van der Waals surface area contributed by atoms with E-state index in [0.717, 1.165) is 10.9 Å². The summed E-state index contributed by atoms with van der Waals surface area (Å²) in [5, 5.41) is 11.5. The van der Waals surface area contributed by atoms with E-state index >= 15 is 0 Å². The summed E-state index contributed by atoms with van der Waals surface area (Å²) in [5.41, 5.74) is 3.19. The van der Waals surface area contributed by atoms with Gasteiger partial charge in [-0.2, -0.15) is 0 Å². The topological polar surface area (TPSA) is 101 Å². The zero-order valence-electron chi connectivity index (χ0n) is 12.7. The van der Waals surface area contributed by atoms with Crippen molar-refractivity contribution in [3.05, 3.63) is 41.6 Å². The van der Waals surface area contributed by atoms with Crippen molar-refractivity contribution >= 4 is 28.4 Å². The van der Waals surface area contributed by atoms with Crippen molar-refractivity contribution in [1.29, 1.82) is 0 Å². The second-order valence-electron chi connectivity index (χ2n) is 5.18. The molecule has 0 saturated carbocycles. The number of hydroxylamine groups is 1. The first-order chi connectivity index (χ1) is 11.0. The number of ether oxygens (including phenoxy) is 1. The van der Waals surface area contributed by atoms with E-state index in [-0.39, 0.29) is 17.6 Å². The Balaban J connectivity index is 2.22. The Morgan fingerprint density at radius 2 is 2.17 bits per heavy atom. The molecule has 23 heavy (non-hydrogen) atoms. The average Bonchev–Trinajstić information content (AvgIpc) is 3.05. The molecular weight excluding hydrogens is 300 g/mol. The van der Waals surface area contributed by atoms with E-state index in [4.69, 9.17) is 4.74 Å². The van der Waals surface area contributed by atoms with Crippen LogP contribution in [0.3, 0.4) is 0 Å². The molecule has 3 rings (SSSR count). The molecule has 1 atom stereocenters. The number of esters is 1. The monoisotopic (exact) mass is 316 g/mol. The highest BCUT2D eigenvalue weighted by Gasteiger charge is 2.49. The summed E-state index contributed by atoms with van der Waals surface area (Å²) in [7, 11) is 1.26. The molecule has 1 aromatic carbocycles. The molecule has 1 aromatic heterocycles. The van der Waals surface area contributed by atoms with Crippen molar-refractivity contribution in [3.63, 3.8) is 0 Å². The van der Waals surface area contributed by atoms with E-state index in [0.29, 0.717) is 5.69 Å². The number of hydrogen-bond donors (Lipinski definition) is 3. The first-order valence-electron chi connectivity index (χ1n) is 7.12. The Morgan fingerprint density at radius 1 is 1.43 bits per heavy atom. The Bertz CT molecular complexity index is 790. The second-order valence-corrected chi connectivity index (χ2v) is 5.18. The van der Waals surface area contributed by atoms with Crippen LogP contribution in [0.1, 0.15) is 19.0 Å². The summed E-state index contributed by atoms with van der Waals surface area (Å²) in [6.45, 7) is 1.66. The number of amides is 1. The molecule has 3 N–H and O–H groups in total. The van der Waals surface area contributed by atoms with Gasteiger partial charge in [-0.05, 0) is 17.5 Å². The van der Waals surface area contributed by atoms with Crippen LogP contribution in [-0.4, -0.2) is 34.9 Å². The molecule has 2 heterocycles. The predicted molar refractivity (Wildman–Crippen MR) is 81.7 cm³/mol. The number of aromatic nitrogens is 1. The minimum atomic E-state index is -1.86. The van der Waals surface area contributed by atoms with Crippen LogP contribution in [0.2, 0.25) is 0 Å². The molecule has 7 nitrogen and oxygen atoms in total. The number of fused-ring (bicyclic) bond motifs is 1. The minimum Gasteiger partial charge on any atom is -0.425 e. The lowest BCUT2D eigenvalue weighted by molar-refractivity contribution is -0.176. The van der Waals surface area contributed by atoms with Crippen molar-refractivity contribution in [3.8, 4) is 0 Å². The van der Waals surface area contributed by atoms with E-state index in [2.05, 4.69) is 15.3 Å². The van der Waals surface area contributed by atoms with Crippen LogP contribution in [0.15, 0.2) is 35.9 Å². The molecule has 0 aliphatic carbocycles. The number of cyclic esters (lactones) is 1. The first-order valence-corrected chi connectivity index (χ1v) is 7.12. The highest BCUT2D eigenvalue weighted by molar-refractivity contribution is 6.24. The van der Waals surface area contributed by atoms with E-state index in [1.807, 2.05) is 24.3 Å². The largest absolute Gasteiger partial charge is 0.425 e. The molecule has 0 fully saturated rings. The van der Waals surface area contributed by atoms with Gasteiger partial charge in [0.2, 0.25) is 5.79 Å². The Labute approximate surface area is 131 Å². The third-order valence-electron chi connectivity index (χ3n) is 3.81. The molecule has 7 heteroatoms. The number of aliphatic hydroxyl groups is 1. The van der Waals surface area contributed by atoms with Crippen molar-refractivity contribution in [1.82, 2.24) is 10.5 Å². The van der Waals surface area contributed by atoms with Crippen LogP contribution in [0, 0.1) is 0 Å². The SMILES string of the molecule is CCC1(O)OC(=O)C(C(=O)NOC)=C1c1cc2ccccc2[nH]1. The number of aromatic amines is 1. The van der Waals surface area contributed by atoms with E-state index < -0.39 is 17.7 Å². The highest BCUT2D eigenvalue weighted by atomic mass is 16.7. The van der Waals surface area contributed by atoms with Crippen LogP contribution in [0.25, 0.3) is 16.5 Å². The van der Waals surface area contributed by atoms with Crippen LogP contribution in [0.5, 0.6) is 0 Å². The van der Waals surface area contributed by atoms with Crippen LogP contribution < -0.4 is 5.48 Å². The number of hydrogen-bond acceptors (Lipinski definition) is 5. The lowest BCUT2D eigenvalue weighted by Gasteiger charge is -2.22. The first kappa shape index (κ1) is 15.3. The average molecular weight is 316 g/mol. The zero-order chi connectivity index (χ0) is 16.6. The number of carbonyl (C=O) groups excluding carboxylic acids is 2. The third-order valence-corrected chi connectivity index (χ3v) is 3.81. The molecule has 1 amide bonds. The number of para-hydroxylation sites is 1. The summed E-state index contributed by atoms with van der Waals surface area (Å²) >= 11 is 0. The number of carbonyl (C=O) groups is 2. The lowest BCUT2D eigenvalue weighted by atomic mass is 9.96. The summed E-state index contributed by atoms with van der Waals surface area (Å²) in [6.07, 6.45) is 0.104. The maximum atomic E-state index is 12.1. The van der Waals surface area contributed by atoms with Gasteiger partial charge in [0.05, 0.1) is 18.4 Å². The van der Waals surface area contributed by atoms with Crippen LogP contribution in [0.4, 0.5) is 0 Å². The molecule has 1 aliphatic heterocycles. The maximum Gasteiger partial charge on any atom is 0.347 e. The maximum absolute atomic E-state index is 12.1. The Morgan fingerprint density at radius 3 is 2.83 bits per heavy atom. The van der Waals surface area contributed by atoms with Gasteiger partial charge in [0.15, 0.2) is 0 Å². The third kappa shape index (κ3) is 2.39. The summed E-state index contributed by atoms with van der Waals surface area (Å²) in [6, 6.07) is 9.23. The fourth-order valence-electron chi connectivity index (χ4n) is 2.70. The fourth-order valence-corrected chi connectivity index (χ4v) is 2.70. The van der Waals surface area contributed by atoms with Gasteiger partial charge in [0, 0.05) is 11.9 Å². The molecule has 0 radical (unpaired) electrons. The molecule has 1 aliphatic rings. The summed E-state index contributed by atoms with van der Waals surface area (Å²) in [4.78, 5) is 31.9. The van der Waals surface area contributed by atoms with Gasteiger partial charge in [0.25, 0.3) is 5.91 Å². The zero-order valence-corrected chi connectivity index (χ0v) is 12.7. The number of nitrogens with one attached hydrogen (secondary N) is 2. The second kappa shape index (κ2) is 5.53. The fraction of sp³-hybridized carbons (Fsp3) is 0.250. The number of benzene rings is 1. The van der Waals surface area contributed by atoms with Gasteiger partial charge >= 0.3 is 5.97 Å². The van der Waals surface area contributed by atoms with Crippen molar-refractivity contribution in [2.24, 2.45) is 0 Å². The molecule has 1 unspecified atom stereocenters. The molecule has 0 saturated heterocycles. The van der Waals surface area contributed by atoms with Gasteiger partial charge in [-0.15, -0.1) is 0 Å². The molecule has 2 aromatic rings. The number of rotatable bonds is 4. The van der Waals surface area contributed by atoms with Gasteiger partial charge in [-0.1, -0.05) is 25.1 Å². The Hall–Kier alpha value is -2.64. The van der Waals surface area contributed by atoms with Crippen LogP contribution in [-0.2, 0) is 19.2 Å². The van der Waals surface area contributed by atoms with Gasteiger partial charge in [-0.25, -0.2) is 10.3 Å². The molecular formula is C16H16N2O5. The molecule has 120 valence electrons. The quantitative estimate of drug-likeness (QED) is 0.448. The molecule has 0 bridgehead atoms. The van der Waals surface area contributed by atoms with Crippen molar-refractivity contribution in [2.75, 3.05) is 7.11 Å². The molecule has 0 spiro atoms. The highest BCUT2D eigenvalue weighted by Crippen LogP contribution is 2.40. The standard InChI is InChI=1S/C16H16N2O5/c1-3-16(21)13(12(15(20)23-16)14(19)18-22-2)11-8-9-6-4-5-7-10(9)17-11/h4-8,17,21H,3H2,1-2H3,(H,18,19). The van der Waals surface area contributed by atoms with Gasteiger partial charge in [-0.3, -0.25) is 9.63 Å². The number of H-pyrrole nitrogens is 1. The van der Waals surface area contributed by atoms with Crippen LogP contribution >= 0.6 is 0 Å². The summed E-state index contributed by atoms with van der Waals surface area (Å²) in [5.74, 6) is -3.52. The van der Waals surface area contributed by atoms with Crippen molar-refractivity contribution < 1.29 is 24.3 Å². The lowest BCUT2D eigenvalue weighted by Crippen LogP contribution is -2.30. The van der Waals surface area contributed by atoms with Crippen molar-refractivity contribution in [2.45, 2.75) is 19.1 Å². The van der Waals surface area contributed by atoms with E-state index in [1.165, 1.54) is 7.11 Å². The minimum absolute atomic E-state index is 0.104. The predicted octanol–water partition coefficient (Wildman–Crippen LogP) is 1.25. The Kier molecular flexibility index (Phi) is 3.67. The van der Waals surface area contributed by atoms with Gasteiger partial charge < -0.3 is 14.8 Å². The summed E-state index contributed by atoms with van der Waals surface area (Å²) < 4.78 is 5.05. The smallest absolute Gasteiger partial charge is 0.347 e.